The smallest absolute Gasteiger partial charge is 0.321 e. The van der Waals surface area contributed by atoms with Crippen LogP contribution >= 0.6 is 0 Å². The molecule has 3 amide bonds. The summed E-state index contributed by atoms with van der Waals surface area (Å²) >= 11 is 0. The van der Waals surface area contributed by atoms with Gasteiger partial charge in [0.1, 0.15) is 5.75 Å². The number of nitrogens with zero attached hydrogens (tertiary/aromatic N) is 2. The number of hydrogen-bond acceptors (Lipinski definition) is 5. The first-order chi connectivity index (χ1) is 11.5. The van der Waals surface area contributed by atoms with Gasteiger partial charge in [0, 0.05) is 39.8 Å². The molecule has 7 heteroatoms. The summed E-state index contributed by atoms with van der Waals surface area (Å²) in [5, 5.41) is 4.72. The topological polar surface area (TPSA) is 73.9 Å². The summed E-state index contributed by atoms with van der Waals surface area (Å²) in [6.07, 6.45) is 0. The van der Waals surface area contributed by atoms with Crippen molar-refractivity contribution in [1.29, 1.82) is 0 Å². The van der Waals surface area contributed by atoms with E-state index in [9.17, 15) is 9.59 Å². The molecule has 0 aliphatic carbocycles. The van der Waals surface area contributed by atoms with Crippen LogP contribution in [0, 0.1) is 0 Å². The average Bonchev–Trinajstić information content (AvgIpc) is 2.62. The molecule has 132 valence electrons. The molecule has 1 saturated heterocycles. The number of amides is 3. The van der Waals surface area contributed by atoms with Gasteiger partial charge in [-0.25, -0.2) is 4.79 Å². The first kappa shape index (κ1) is 18.2. The summed E-state index contributed by atoms with van der Waals surface area (Å²) in [4.78, 5) is 27.7. The minimum Gasteiger partial charge on any atom is -0.497 e. The zero-order valence-electron chi connectivity index (χ0n) is 14.5. The first-order valence-corrected chi connectivity index (χ1v) is 8.15. The number of rotatable bonds is 5. The third-order valence-electron chi connectivity index (χ3n) is 4.36. The Labute approximate surface area is 142 Å². The molecule has 0 aromatic heterocycles. The molecular weight excluding hydrogens is 308 g/mol. The second kappa shape index (κ2) is 8.65. The summed E-state index contributed by atoms with van der Waals surface area (Å²) in [5.41, 5.74) is 1.25. The molecule has 0 spiro atoms. The van der Waals surface area contributed by atoms with E-state index in [0.717, 1.165) is 38.5 Å². The minimum absolute atomic E-state index is 0.266. The van der Waals surface area contributed by atoms with Crippen molar-refractivity contribution in [2.45, 2.75) is 19.5 Å². The van der Waals surface area contributed by atoms with Crippen molar-refractivity contribution in [3.05, 3.63) is 29.8 Å². The van der Waals surface area contributed by atoms with E-state index < -0.39 is 6.03 Å². The number of imide groups is 1. The second-order valence-corrected chi connectivity index (χ2v) is 5.90. The van der Waals surface area contributed by atoms with Crippen LogP contribution in [-0.4, -0.2) is 68.1 Å². The van der Waals surface area contributed by atoms with E-state index >= 15 is 0 Å². The lowest BCUT2D eigenvalue weighted by Gasteiger charge is -2.37. The summed E-state index contributed by atoms with van der Waals surface area (Å²) in [6, 6.07) is 7.30. The Hall–Kier alpha value is -2.12. The van der Waals surface area contributed by atoms with Crippen LogP contribution in [0.1, 0.15) is 12.5 Å². The molecule has 24 heavy (non-hydrogen) atoms. The molecular formula is C17H26N4O3. The van der Waals surface area contributed by atoms with Crippen molar-refractivity contribution in [3.63, 3.8) is 0 Å². The van der Waals surface area contributed by atoms with Gasteiger partial charge in [-0.05, 0) is 24.6 Å². The third-order valence-corrected chi connectivity index (χ3v) is 4.36. The fraction of sp³-hybridized carbons (Fsp3) is 0.529. The number of benzene rings is 1. The molecule has 0 saturated carbocycles. The minimum atomic E-state index is -0.468. The van der Waals surface area contributed by atoms with Crippen molar-refractivity contribution in [2.75, 3.05) is 40.3 Å². The largest absolute Gasteiger partial charge is 0.497 e. The Morgan fingerprint density at radius 2 is 1.79 bits per heavy atom. The van der Waals surface area contributed by atoms with E-state index in [1.54, 1.807) is 7.11 Å². The van der Waals surface area contributed by atoms with Gasteiger partial charge in [-0.2, -0.15) is 0 Å². The summed E-state index contributed by atoms with van der Waals surface area (Å²) in [7, 11) is 3.15. The van der Waals surface area contributed by atoms with Crippen molar-refractivity contribution < 1.29 is 14.3 Å². The number of methoxy groups -OCH3 is 1. The predicted molar refractivity (Wildman–Crippen MR) is 91.9 cm³/mol. The lowest BCUT2D eigenvalue weighted by molar-refractivity contribution is -0.125. The lowest BCUT2D eigenvalue weighted by Crippen LogP contribution is -2.55. The molecule has 1 heterocycles. The van der Waals surface area contributed by atoms with Crippen LogP contribution in [0.15, 0.2) is 24.3 Å². The molecule has 0 unspecified atom stereocenters. The number of carbonyl (C=O) groups is 2. The quantitative estimate of drug-likeness (QED) is 0.827. The predicted octanol–water partition coefficient (Wildman–Crippen LogP) is 0.657. The fourth-order valence-electron chi connectivity index (χ4n) is 2.74. The van der Waals surface area contributed by atoms with E-state index in [2.05, 4.69) is 32.6 Å². The number of nitrogens with one attached hydrogen (secondary N) is 2. The van der Waals surface area contributed by atoms with Gasteiger partial charge in [0.2, 0.25) is 5.91 Å². The summed E-state index contributed by atoms with van der Waals surface area (Å²) < 4.78 is 5.17. The van der Waals surface area contributed by atoms with Crippen molar-refractivity contribution in [1.82, 2.24) is 20.4 Å². The van der Waals surface area contributed by atoms with Crippen LogP contribution in [-0.2, 0) is 11.3 Å². The van der Waals surface area contributed by atoms with Gasteiger partial charge in [-0.3, -0.25) is 19.9 Å². The van der Waals surface area contributed by atoms with Gasteiger partial charge < -0.3 is 10.1 Å². The van der Waals surface area contributed by atoms with E-state index in [1.807, 2.05) is 19.1 Å². The fourth-order valence-corrected chi connectivity index (χ4v) is 2.74. The highest BCUT2D eigenvalue weighted by atomic mass is 16.5. The van der Waals surface area contributed by atoms with Gasteiger partial charge in [0.05, 0.1) is 13.2 Å². The number of hydrogen-bond donors (Lipinski definition) is 2. The maximum atomic E-state index is 12.0. The molecule has 1 atom stereocenters. The highest BCUT2D eigenvalue weighted by Gasteiger charge is 2.26. The van der Waals surface area contributed by atoms with Crippen LogP contribution in [0.5, 0.6) is 5.75 Å². The lowest BCUT2D eigenvalue weighted by atomic mass is 10.1. The average molecular weight is 334 g/mol. The van der Waals surface area contributed by atoms with Gasteiger partial charge in [-0.1, -0.05) is 12.1 Å². The summed E-state index contributed by atoms with van der Waals surface area (Å²) in [6.45, 7) is 6.11. The van der Waals surface area contributed by atoms with Crippen molar-refractivity contribution in [3.8, 4) is 5.75 Å². The molecule has 2 N–H and O–H groups in total. The third kappa shape index (κ3) is 4.94. The van der Waals surface area contributed by atoms with E-state index in [4.69, 9.17) is 4.74 Å². The second-order valence-electron chi connectivity index (χ2n) is 5.90. The number of piperazine rings is 1. The Balaban J connectivity index is 1.79. The molecule has 1 aliphatic heterocycles. The van der Waals surface area contributed by atoms with Crippen LogP contribution in [0.2, 0.25) is 0 Å². The molecule has 0 bridgehead atoms. The SMILES string of the molecule is CNC(=O)NC(=O)[C@H](C)N1CCN(Cc2ccc(OC)cc2)CC1. The van der Waals surface area contributed by atoms with Crippen molar-refractivity contribution in [2.24, 2.45) is 0 Å². The maximum absolute atomic E-state index is 12.0. The van der Waals surface area contributed by atoms with Gasteiger partial charge in [-0.15, -0.1) is 0 Å². The maximum Gasteiger partial charge on any atom is 0.321 e. The number of ether oxygens (including phenoxy) is 1. The van der Waals surface area contributed by atoms with Crippen molar-refractivity contribution >= 4 is 11.9 Å². The van der Waals surface area contributed by atoms with Gasteiger partial charge >= 0.3 is 6.03 Å². The Bertz CT molecular complexity index is 553. The highest BCUT2D eigenvalue weighted by Crippen LogP contribution is 2.14. The monoisotopic (exact) mass is 334 g/mol. The Morgan fingerprint density at radius 3 is 2.33 bits per heavy atom. The zero-order valence-corrected chi connectivity index (χ0v) is 14.5. The van der Waals surface area contributed by atoms with E-state index in [0.29, 0.717) is 0 Å². The van der Waals surface area contributed by atoms with E-state index in [-0.39, 0.29) is 11.9 Å². The van der Waals surface area contributed by atoms with E-state index in [1.165, 1.54) is 12.6 Å². The number of carbonyl (C=O) groups excluding carboxylic acids is 2. The molecule has 7 nitrogen and oxygen atoms in total. The molecule has 1 aliphatic rings. The summed E-state index contributed by atoms with van der Waals surface area (Å²) in [5.74, 6) is 0.595. The molecule has 0 radical (unpaired) electrons. The first-order valence-electron chi connectivity index (χ1n) is 8.15. The molecule has 1 aromatic rings. The standard InChI is InChI=1S/C17H26N4O3/c1-13(16(22)19-17(23)18-2)21-10-8-20(9-11-21)12-14-4-6-15(24-3)7-5-14/h4-7,13H,8-12H2,1-3H3,(H2,18,19,22,23)/t13-/m0/s1. The Kier molecular flexibility index (Phi) is 6.57. The molecule has 2 rings (SSSR count). The van der Waals surface area contributed by atoms with Crippen LogP contribution in [0.4, 0.5) is 4.79 Å². The molecule has 1 aromatic carbocycles. The van der Waals surface area contributed by atoms with Crippen LogP contribution < -0.4 is 15.4 Å². The normalized spacial score (nSPS) is 17.1. The zero-order chi connectivity index (χ0) is 17.5. The van der Waals surface area contributed by atoms with Gasteiger partial charge in [0.15, 0.2) is 0 Å². The van der Waals surface area contributed by atoms with Gasteiger partial charge in [0.25, 0.3) is 0 Å². The number of urea groups is 1. The van der Waals surface area contributed by atoms with Crippen LogP contribution in [0.3, 0.4) is 0 Å². The molecule has 1 fully saturated rings. The highest BCUT2D eigenvalue weighted by molar-refractivity contribution is 5.96. The Morgan fingerprint density at radius 1 is 1.17 bits per heavy atom. The van der Waals surface area contributed by atoms with Crippen LogP contribution in [0.25, 0.3) is 0 Å².